The molecule has 0 spiro atoms. The normalized spacial score (nSPS) is 19.9. The Kier molecular flexibility index (Phi) is 6.78. The third-order valence-electron chi connectivity index (χ3n) is 4.62. The number of carbonyl (C=O) groups is 1. The lowest BCUT2D eigenvalue weighted by Gasteiger charge is -2.36. The number of ether oxygens (including phenoxy) is 3. The third kappa shape index (κ3) is 4.95. The van der Waals surface area contributed by atoms with Crippen LogP contribution < -0.4 is 14.8 Å². The van der Waals surface area contributed by atoms with E-state index in [0.717, 1.165) is 5.56 Å². The first-order valence-electron chi connectivity index (χ1n) is 9.14. The van der Waals surface area contributed by atoms with E-state index >= 15 is 0 Å². The first kappa shape index (κ1) is 20.5. The van der Waals surface area contributed by atoms with Gasteiger partial charge in [0.05, 0.1) is 43.7 Å². The fourth-order valence-electron chi connectivity index (χ4n) is 3.37. The molecule has 2 aromatic carbocycles. The Hall–Kier alpha value is -2.28. The second-order valence-electron chi connectivity index (χ2n) is 6.78. The van der Waals surface area contributed by atoms with Crippen molar-refractivity contribution in [3.63, 3.8) is 0 Å². The van der Waals surface area contributed by atoms with E-state index in [9.17, 15) is 4.79 Å². The molecule has 1 N–H and O–H groups in total. The number of benzene rings is 2. The van der Waals surface area contributed by atoms with Gasteiger partial charge in [0, 0.05) is 25.2 Å². The zero-order valence-corrected chi connectivity index (χ0v) is 17.0. The molecular formula is C21H25ClN2O4. The fraction of sp³-hybridized carbons (Fsp3) is 0.381. The minimum atomic E-state index is -0.136. The Morgan fingerprint density at radius 1 is 1.18 bits per heavy atom. The number of hydrogen-bond donors (Lipinski definition) is 1. The number of carbonyl (C=O) groups excluding carboxylic acids is 1. The Labute approximate surface area is 170 Å². The molecule has 0 saturated carbocycles. The van der Waals surface area contributed by atoms with Gasteiger partial charge in [0.25, 0.3) is 0 Å². The van der Waals surface area contributed by atoms with Crippen molar-refractivity contribution in [1.82, 2.24) is 4.90 Å². The highest BCUT2D eigenvalue weighted by atomic mass is 35.5. The topological polar surface area (TPSA) is 60.0 Å². The summed E-state index contributed by atoms with van der Waals surface area (Å²) >= 11 is 6.12. The summed E-state index contributed by atoms with van der Waals surface area (Å²) in [6.07, 6.45) is -0.0140. The van der Waals surface area contributed by atoms with Crippen molar-refractivity contribution in [2.75, 3.05) is 39.2 Å². The van der Waals surface area contributed by atoms with Crippen molar-refractivity contribution < 1.29 is 19.0 Å². The lowest BCUT2D eigenvalue weighted by molar-refractivity contribution is -0.122. The molecule has 2 atom stereocenters. The van der Waals surface area contributed by atoms with Gasteiger partial charge < -0.3 is 19.5 Å². The fourth-order valence-corrected chi connectivity index (χ4v) is 3.60. The lowest BCUT2D eigenvalue weighted by Crippen LogP contribution is -2.46. The predicted octanol–water partition coefficient (Wildman–Crippen LogP) is 3.76. The summed E-state index contributed by atoms with van der Waals surface area (Å²) in [6, 6.07) is 13.4. The molecule has 0 bridgehead atoms. The number of hydrogen-bond acceptors (Lipinski definition) is 5. The zero-order valence-electron chi connectivity index (χ0n) is 16.3. The summed E-state index contributed by atoms with van der Waals surface area (Å²) in [5.74, 6) is 0.821. The van der Waals surface area contributed by atoms with Crippen LogP contribution in [-0.2, 0) is 9.53 Å². The predicted molar refractivity (Wildman–Crippen MR) is 109 cm³/mol. The van der Waals surface area contributed by atoms with Crippen molar-refractivity contribution in [2.45, 2.75) is 19.1 Å². The third-order valence-corrected chi connectivity index (χ3v) is 4.92. The summed E-state index contributed by atoms with van der Waals surface area (Å²) in [5.41, 5.74) is 1.64. The molecule has 0 radical (unpaired) electrons. The van der Waals surface area contributed by atoms with Crippen LogP contribution in [0.15, 0.2) is 42.5 Å². The van der Waals surface area contributed by atoms with Crippen LogP contribution in [0.2, 0.25) is 5.02 Å². The van der Waals surface area contributed by atoms with E-state index in [1.165, 1.54) is 14.2 Å². The minimum absolute atomic E-state index is 0.0388. The molecular weight excluding hydrogens is 380 g/mol. The number of methoxy groups -OCH3 is 2. The van der Waals surface area contributed by atoms with E-state index in [4.69, 9.17) is 25.8 Å². The molecule has 6 nitrogen and oxygen atoms in total. The number of amides is 1. The second kappa shape index (κ2) is 9.28. The zero-order chi connectivity index (χ0) is 20.1. The Morgan fingerprint density at radius 3 is 2.57 bits per heavy atom. The highest BCUT2D eigenvalue weighted by molar-refractivity contribution is 6.32. The van der Waals surface area contributed by atoms with Crippen LogP contribution in [0.3, 0.4) is 0 Å². The molecule has 0 aliphatic carbocycles. The Morgan fingerprint density at radius 2 is 1.89 bits per heavy atom. The van der Waals surface area contributed by atoms with Gasteiger partial charge in [-0.25, -0.2) is 0 Å². The molecule has 7 heteroatoms. The number of halogens is 1. The first-order valence-corrected chi connectivity index (χ1v) is 9.52. The molecule has 2 aromatic rings. The van der Waals surface area contributed by atoms with Crippen LogP contribution in [-0.4, -0.2) is 50.8 Å². The number of rotatable bonds is 6. The highest BCUT2D eigenvalue weighted by Gasteiger charge is 2.27. The van der Waals surface area contributed by atoms with E-state index in [-0.39, 0.29) is 24.7 Å². The first-order chi connectivity index (χ1) is 13.5. The number of nitrogens with one attached hydrogen (secondary N) is 1. The average molecular weight is 405 g/mol. The van der Waals surface area contributed by atoms with Crippen LogP contribution in [0, 0.1) is 0 Å². The van der Waals surface area contributed by atoms with Gasteiger partial charge in [0.2, 0.25) is 5.91 Å². The lowest BCUT2D eigenvalue weighted by atomic mass is 10.1. The molecule has 1 aliphatic rings. The molecule has 1 fully saturated rings. The monoisotopic (exact) mass is 404 g/mol. The summed E-state index contributed by atoms with van der Waals surface area (Å²) in [6.45, 7) is 3.62. The van der Waals surface area contributed by atoms with Crippen LogP contribution in [0.5, 0.6) is 11.5 Å². The molecule has 3 rings (SSSR count). The number of nitrogens with zero attached hydrogens (tertiary/aromatic N) is 1. The summed E-state index contributed by atoms with van der Waals surface area (Å²) in [5, 5.41) is 3.32. The maximum absolute atomic E-state index is 12.7. The molecule has 28 heavy (non-hydrogen) atoms. The van der Waals surface area contributed by atoms with Crippen molar-refractivity contribution >= 4 is 23.2 Å². The second-order valence-corrected chi connectivity index (χ2v) is 7.18. The number of morpholine rings is 1. The van der Waals surface area contributed by atoms with Crippen LogP contribution >= 0.6 is 11.6 Å². The van der Waals surface area contributed by atoms with Gasteiger partial charge in [-0.15, -0.1) is 0 Å². The molecule has 1 aliphatic heterocycles. The van der Waals surface area contributed by atoms with Crippen LogP contribution in [0.4, 0.5) is 5.69 Å². The van der Waals surface area contributed by atoms with Crippen molar-refractivity contribution in [3.8, 4) is 11.5 Å². The van der Waals surface area contributed by atoms with Crippen molar-refractivity contribution in [3.05, 3.63) is 53.1 Å². The summed E-state index contributed by atoms with van der Waals surface area (Å²) in [7, 11) is 3.06. The van der Waals surface area contributed by atoms with Gasteiger partial charge in [-0.1, -0.05) is 41.9 Å². The summed E-state index contributed by atoms with van der Waals surface area (Å²) in [4.78, 5) is 14.8. The van der Waals surface area contributed by atoms with Gasteiger partial charge >= 0.3 is 0 Å². The molecule has 1 heterocycles. The molecule has 1 amide bonds. The van der Waals surface area contributed by atoms with E-state index in [1.807, 2.05) is 37.3 Å². The molecule has 1 saturated heterocycles. The Balaban J connectivity index is 1.67. The standard InChI is InChI=1S/C21H25ClN2O4/c1-14-11-24(12-20(28-14)15-7-5-4-6-8-15)13-21(25)23-17-10-18(26-2)16(22)9-19(17)27-3/h4-10,14,20H,11-13H2,1-3H3,(H,23,25). The maximum Gasteiger partial charge on any atom is 0.238 e. The summed E-state index contributed by atoms with van der Waals surface area (Å²) < 4.78 is 16.6. The van der Waals surface area contributed by atoms with Gasteiger partial charge in [-0.3, -0.25) is 9.69 Å². The van der Waals surface area contributed by atoms with Crippen LogP contribution in [0.25, 0.3) is 0 Å². The maximum atomic E-state index is 12.7. The smallest absolute Gasteiger partial charge is 0.238 e. The molecule has 150 valence electrons. The van der Waals surface area contributed by atoms with E-state index in [0.29, 0.717) is 35.3 Å². The Bertz CT molecular complexity index is 816. The van der Waals surface area contributed by atoms with Crippen LogP contribution in [0.1, 0.15) is 18.6 Å². The molecule has 2 unspecified atom stereocenters. The minimum Gasteiger partial charge on any atom is -0.495 e. The SMILES string of the molecule is COc1cc(NC(=O)CN2CC(C)OC(c3ccccc3)C2)c(OC)cc1Cl. The number of anilines is 1. The highest BCUT2D eigenvalue weighted by Crippen LogP contribution is 2.36. The van der Waals surface area contributed by atoms with E-state index < -0.39 is 0 Å². The quantitative estimate of drug-likeness (QED) is 0.794. The molecule has 0 aromatic heterocycles. The van der Waals surface area contributed by atoms with Gasteiger partial charge in [0.15, 0.2) is 0 Å². The van der Waals surface area contributed by atoms with E-state index in [2.05, 4.69) is 10.2 Å². The van der Waals surface area contributed by atoms with E-state index in [1.54, 1.807) is 12.1 Å². The largest absolute Gasteiger partial charge is 0.495 e. The van der Waals surface area contributed by atoms with Crippen molar-refractivity contribution in [1.29, 1.82) is 0 Å². The van der Waals surface area contributed by atoms with Gasteiger partial charge in [0.1, 0.15) is 11.5 Å². The average Bonchev–Trinajstić information content (AvgIpc) is 2.69. The van der Waals surface area contributed by atoms with Gasteiger partial charge in [-0.05, 0) is 12.5 Å². The van der Waals surface area contributed by atoms with Gasteiger partial charge in [-0.2, -0.15) is 0 Å². The van der Waals surface area contributed by atoms with Crippen molar-refractivity contribution in [2.24, 2.45) is 0 Å².